The largest absolute Gasteiger partial charge is 0.465 e. The summed E-state index contributed by atoms with van der Waals surface area (Å²) in [5, 5.41) is 13.7. The second-order valence-corrected chi connectivity index (χ2v) is 10.4. The normalized spacial score (nSPS) is 12.6. The summed E-state index contributed by atoms with van der Waals surface area (Å²) in [6, 6.07) is 3.21. The van der Waals surface area contributed by atoms with Gasteiger partial charge in [-0.05, 0) is 55.0 Å². The molecule has 0 bridgehead atoms. The second-order valence-electron chi connectivity index (χ2n) is 10.4. The Morgan fingerprint density at radius 1 is 1.24 bits per heavy atom. The molecule has 0 saturated heterocycles. The molecule has 3 aromatic rings. The van der Waals surface area contributed by atoms with Gasteiger partial charge in [-0.2, -0.15) is 13.2 Å². The number of likely N-dealkylation sites (N-methyl/N-ethyl adjacent to an activating group) is 1. The molecule has 0 aliphatic rings. The number of carbonyl (C=O) groups is 3. The summed E-state index contributed by atoms with van der Waals surface area (Å²) in [4.78, 5) is 57.2. The van der Waals surface area contributed by atoms with Gasteiger partial charge in [-0.25, -0.2) is 4.79 Å². The molecule has 1 unspecified atom stereocenters. The van der Waals surface area contributed by atoms with Crippen molar-refractivity contribution in [3.8, 4) is 0 Å². The first-order chi connectivity index (χ1) is 19.7. The average molecular weight is 591 g/mol. The lowest BCUT2D eigenvalue weighted by Gasteiger charge is -2.16. The van der Waals surface area contributed by atoms with Gasteiger partial charge in [-0.3, -0.25) is 19.4 Å². The zero-order chi connectivity index (χ0) is 31.2. The number of rotatable bonds is 11. The smallest absolute Gasteiger partial charge is 0.418 e. The highest BCUT2D eigenvalue weighted by atomic mass is 19.4. The number of alkyl halides is 3. The van der Waals surface area contributed by atoms with Crippen LogP contribution in [0.25, 0.3) is 11.0 Å². The SMILES string of the molecule is CC(C)Cc1c(C(F)(F)F)cnc2cc(Cn3cccc(NC(=O)C(CCC=CC(=O)N(C)C)NC(=O)O)c3=O)[nH]c12. The number of aromatic amines is 1. The van der Waals surface area contributed by atoms with Crippen molar-refractivity contribution in [3.05, 3.63) is 69.9 Å². The van der Waals surface area contributed by atoms with Gasteiger partial charge in [0.15, 0.2) is 0 Å². The molecule has 0 saturated carbocycles. The van der Waals surface area contributed by atoms with Crippen molar-refractivity contribution in [1.82, 2.24) is 24.8 Å². The van der Waals surface area contributed by atoms with Crippen LogP contribution in [0.3, 0.4) is 0 Å². The number of nitrogens with one attached hydrogen (secondary N) is 3. The topological polar surface area (TPSA) is 149 Å². The quantitative estimate of drug-likeness (QED) is 0.248. The Balaban J connectivity index is 1.82. The van der Waals surface area contributed by atoms with Crippen LogP contribution in [-0.2, 0) is 28.7 Å². The van der Waals surface area contributed by atoms with Crippen LogP contribution in [0.1, 0.15) is 43.5 Å². The number of pyridine rings is 2. The maximum absolute atomic E-state index is 13.7. The fourth-order valence-corrected chi connectivity index (χ4v) is 4.30. The first kappa shape index (κ1) is 31.9. The maximum atomic E-state index is 13.7. The lowest BCUT2D eigenvalue weighted by molar-refractivity contribution is -0.138. The van der Waals surface area contributed by atoms with Gasteiger partial charge in [0.05, 0.1) is 23.1 Å². The number of amides is 3. The number of aromatic nitrogens is 3. The fourth-order valence-electron chi connectivity index (χ4n) is 4.30. The van der Waals surface area contributed by atoms with Gasteiger partial charge in [0, 0.05) is 32.2 Å². The lowest BCUT2D eigenvalue weighted by atomic mass is 9.98. The molecular formula is C28H33F3N6O5. The second kappa shape index (κ2) is 13.4. The Morgan fingerprint density at radius 2 is 1.95 bits per heavy atom. The number of nitrogens with zero attached hydrogens (tertiary/aromatic N) is 3. The van der Waals surface area contributed by atoms with Gasteiger partial charge in [0.25, 0.3) is 5.56 Å². The van der Waals surface area contributed by atoms with E-state index in [4.69, 9.17) is 5.11 Å². The van der Waals surface area contributed by atoms with Crippen molar-refractivity contribution in [2.75, 3.05) is 19.4 Å². The van der Waals surface area contributed by atoms with E-state index in [0.717, 1.165) is 6.20 Å². The summed E-state index contributed by atoms with van der Waals surface area (Å²) >= 11 is 0. The minimum absolute atomic E-state index is 0.0249. The molecule has 3 heterocycles. The van der Waals surface area contributed by atoms with E-state index in [1.165, 1.54) is 39.9 Å². The molecule has 4 N–H and O–H groups in total. The summed E-state index contributed by atoms with van der Waals surface area (Å²) < 4.78 is 42.3. The maximum Gasteiger partial charge on any atom is 0.418 e. The first-order valence-electron chi connectivity index (χ1n) is 13.1. The van der Waals surface area contributed by atoms with E-state index in [-0.39, 0.29) is 54.4 Å². The van der Waals surface area contributed by atoms with Crippen LogP contribution in [0, 0.1) is 5.92 Å². The third kappa shape index (κ3) is 8.21. The zero-order valence-electron chi connectivity index (χ0n) is 23.6. The monoisotopic (exact) mass is 590 g/mol. The van der Waals surface area contributed by atoms with E-state index in [1.54, 1.807) is 20.2 Å². The van der Waals surface area contributed by atoms with Gasteiger partial charge in [0.1, 0.15) is 11.7 Å². The molecule has 0 fully saturated rings. The van der Waals surface area contributed by atoms with Crippen molar-refractivity contribution in [1.29, 1.82) is 0 Å². The summed E-state index contributed by atoms with van der Waals surface area (Å²) in [5.74, 6) is -1.09. The average Bonchev–Trinajstić information content (AvgIpc) is 3.30. The van der Waals surface area contributed by atoms with Crippen LogP contribution in [-0.4, -0.2) is 62.6 Å². The fraction of sp³-hybridized carbons (Fsp3) is 0.393. The summed E-state index contributed by atoms with van der Waals surface area (Å²) in [6.45, 7) is 3.58. The van der Waals surface area contributed by atoms with Crippen molar-refractivity contribution >= 4 is 34.6 Å². The zero-order valence-corrected chi connectivity index (χ0v) is 23.6. The number of fused-ring (bicyclic) bond motifs is 1. The van der Waals surface area contributed by atoms with E-state index in [1.807, 2.05) is 13.8 Å². The summed E-state index contributed by atoms with van der Waals surface area (Å²) in [7, 11) is 3.15. The molecule has 1 atom stereocenters. The molecule has 0 radical (unpaired) electrons. The molecule has 0 spiro atoms. The predicted molar refractivity (Wildman–Crippen MR) is 150 cm³/mol. The lowest BCUT2D eigenvalue weighted by Crippen LogP contribution is -2.44. The summed E-state index contributed by atoms with van der Waals surface area (Å²) in [6.07, 6.45) is -0.522. The number of halogens is 3. The third-order valence-electron chi connectivity index (χ3n) is 6.29. The molecule has 14 heteroatoms. The molecule has 226 valence electrons. The predicted octanol–water partition coefficient (Wildman–Crippen LogP) is 3.99. The standard InChI is InChI=1S/C28H33F3N6O5/c1-16(2)12-18-19(28(29,30)31)14-32-22-13-17(33-24(18)22)15-37-11-7-9-21(26(37)40)34-25(39)20(35-27(41)42)8-5-6-10-23(38)36(3)4/h6-7,9-11,13-14,16,20,33,35H,5,8,12,15H2,1-4H3,(H,34,39)(H,41,42). The van der Waals surface area contributed by atoms with Gasteiger partial charge in [0.2, 0.25) is 11.8 Å². The number of allylic oxidation sites excluding steroid dienone is 1. The molecule has 3 rings (SSSR count). The minimum atomic E-state index is -4.58. The van der Waals surface area contributed by atoms with Gasteiger partial charge in [-0.1, -0.05) is 19.9 Å². The van der Waals surface area contributed by atoms with E-state index >= 15 is 0 Å². The van der Waals surface area contributed by atoms with Crippen LogP contribution in [0.2, 0.25) is 0 Å². The Bertz CT molecular complexity index is 1540. The Labute approximate surface area is 239 Å². The highest BCUT2D eigenvalue weighted by Gasteiger charge is 2.35. The summed E-state index contributed by atoms with van der Waals surface area (Å²) in [5.41, 5.74) is -0.446. The van der Waals surface area contributed by atoms with Crippen molar-refractivity contribution in [2.45, 2.75) is 51.9 Å². The van der Waals surface area contributed by atoms with E-state index in [2.05, 4.69) is 20.6 Å². The molecule has 0 aromatic carbocycles. The third-order valence-corrected chi connectivity index (χ3v) is 6.29. The first-order valence-corrected chi connectivity index (χ1v) is 13.1. The molecule has 42 heavy (non-hydrogen) atoms. The highest BCUT2D eigenvalue weighted by molar-refractivity contribution is 5.96. The molecule has 3 aromatic heterocycles. The van der Waals surface area contributed by atoms with Crippen molar-refractivity contribution < 1.29 is 32.7 Å². The molecular weight excluding hydrogens is 557 g/mol. The van der Waals surface area contributed by atoms with Crippen LogP contribution < -0.4 is 16.2 Å². The van der Waals surface area contributed by atoms with Crippen LogP contribution >= 0.6 is 0 Å². The molecule has 3 amide bonds. The molecule has 0 aliphatic heterocycles. The van der Waals surface area contributed by atoms with Gasteiger partial charge >= 0.3 is 12.3 Å². The molecule has 11 nitrogen and oxygen atoms in total. The Kier molecular flexibility index (Phi) is 10.1. The number of hydrogen-bond acceptors (Lipinski definition) is 5. The number of H-pyrrole nitrogens is 1. The van der Waals surface area contributed by atoms with Gasteiger partial charge < -0.3 is 30.2 Å². The van der Waals surface area contributed by atoms with E-state index in [9.17, 15) is 32.3 Å². The number of carboxylic acid groups (broad SMARTS) is 1. The Hall–Kier alpha value is -4.62. The van der Waals surface area contributed by atoms with Crippen LogP contribution in [0.5, 0.6) is 0 Å². The molecule has 0 aliphatic carbocycles. The van der Waals surface area contributed by atoms with Crippen molar-refractivity contribution in [3.63, 3.8) is 0 Å². The van der Waals surface area contributed by atoms with E-state index in [0.29, 0.717) is 11.2 Å². The highest BCUT2D eigenvalue weighted by Crippen LogP contribution is 2.35. The number of anilines is 1. The number of hydrogen-bond donors (Lipinski definition) is 4. The minimum Gasteiger partial charge on any atom is -0.465 e. The van der Waals surface area contributed by atoms with E-state index < -0.39 is 35.3 Å². The number of carbonyl (C=O) groups excluding carboxylic acids is 2. The van der Waals surface area contributed by atoms with Crippen LogP contribution in [0.15, 0.2) is 47.5 Å². The van der Waals surface area contributed by atoms with Crippen LogP contribution in [0.4, 0.5) is 23.7 Å². The van der Waals surface area contributed by atoms with Crippen molar-refractivity contribution in [2.24, 2.45) is 5.92 Å². The van der Waals surface area contributed by atoms with Gasteiger partial charge in [-0.15, -0.1) is 0 Å². The Morgan fingerprint density at radius 3 is 2.57 bits per heavy atom.